The van der Waals surface area contributed by atoms with Crippen molar-refractivity contribution in [1.29, 1.82) is 0 Å². The quantitative estimate of drug-likeness (QED) is 0.913. The number of aryl methyl sites for hydroxylation is 1. The Hall–Kier alpha value is -2.36. The maximum atomic E-state index is 11.8. The van der Waals surface area contributed by atoms with E-state index in [1.807, 2.05) is 24.3 Å². The van der Waals surface area contributed by atoms with Crippen molar-refractivity contribution < 1.29 is 9.53 Å². The summed E-state index contributed by atoms with van der Waals surface area (Å²) >= 11 is 0. The van der Waals surface area contributed by atoms with Crippen LogP contribution in [0.2, 0.25) is 0 Å². The van der Waals surface area contributed by atoms with Crippen LogP contribution in [0.3, 0.4) is 0 Å². The lowest BCUT2D eigenvalue weighted by molar-refractivity contribution is -0.118. The molecular formula is C17H20N2O2. The number of amides is 1. The van der Waals surface area contributed by atoms with Crippen molar-refractivity contribution >= 4 is 11.7 Å². The molecule has 1 aromatic carbocycles. The number of carbonyl (C=O) groups is 1. The van der Waals surface area contributed by atoms with E-state index < -0.39 is 0 Å². The molecule has 1 aromatic heterocycles. The third-order valence-electron chi connectivity index (χ3n) is 3.17. The van der Waals surface area contributed by atoms with Gasteiger partial charge in [0.05, 0.1) is 0 Å². The van der Waals surface area contributed by atoms with Crippen LogP contribution in [0.25, 0.3) is 0 Å². The number of aromatic nitrogens is 1. The number of rotatable bonds is 5. The molecule has 2 aromatic rings. The van der Waals surface area contributed by atoms with Gasteiger partial charge >= 0.3 is 0 Å². The summed E-state index contributed by atoms with van der Waals surface area (Å²) in [4.78, 5) is 15.8. The third kappa shape index (κ3) is 4.31. The molecule has 21 heavy (non-hydrogen) atoms. The second kappa shape index (κ2) is 6.88. The van der Waals surface area contributed by atoms with Crippen LogP contribution < -0.4 is 10.1 Å². The van der Waals surface area contributed by atoms with Gasteiger partial charge in [0.15, 0.2) is 6.61 Å². The summed E-state index contributed by atoms with van der Waals surface area (Å²) in [5.41, 5.74) is 2.47. The predicted octanol–water partition coefficient (Wildman–Crippen LogP) is 3.53. The Kier molecular flexibility index (Phi) is 4.93. The Bertz CT molecular complexity index is 609. The van der Waals surface area contributed by atoms with Crippen LogP contribution in [0.15, 0.2) is 42.6 Å². The van der Waals surface area contributed by atoms with Gasteiger partial charge in [-0.2, -0.15) is 0 Å². The fourth-order valence-corrected chi connectivity index (χ4v) is 2.15. The molecule has 0 unspecified atom stereocenters. The molecule has 4 heteroatoms. The Balaban J connectivity index is 1.91. The normalized spacial score (nSPS) is 10.5. The van der Waals surface area contributed by atoms with Gasteiger partial charge in [0.1, 0.15) is 11.6 Å². The number of nitrogens with zero attached hydrogens (tertiary/aromatic N) is 1. The largest absolute Gasteiger partial charge is 0.484 e. The fraction of sp³-hybridized carbons (Fsp3) is 0.294. The lowest BCUT2D eigenvalue weighted by Gasteiger charge is -2.12. The van der Waals surface area contributed by atoms with Crippen LogP contribution in [-0.2, 0) is 4.79 Å². The second-order valence-corrected chi connectivity index (χ2v) is 5.22. The van der Waals surface area contributed by atoms with E-state index in [0.29, 0.717) is 17.5 Å². The number of nitrogens with one attached hydrogen (secondary N) is 1. The van der Waals surface area contributed by atoms with Gasteiger partial charge in [-0.3, -0.25) is 4.79 Å². The number of pyridine rings is 1. The number of hydrogen-bond acceptors (Lipinski definition) is 3. The summed E-state index contributed by atoms with van der Waals surface area (Å²) in [6.45, 7) is 6.33. The summed E-state index contributed by atoms with van der Waals surface area (Å²) in [7, 11) is 0. The minimum atomic E-state index is -0.223. The number of anilines is 1. The number of hydrogen-bond donors (Lipinski definition) is 1. The molecule has 110 valence electrons. The van der Waals surface area contributed by atoms with E-state index in [-0.39, 0.29) is 12.5 Å². The number of benzene rings is 1. The van der Waals surface area contributed by atoms with Crippen molar-refractivity contribution in [2.45, 2.75) is 26.7 Å². The molecule has 0 aliphatic carbocycles. The minimum absolute atomic E-state index is 0.0307. The lowest BCUT2D eigenvalue weighted by Crippen LogP contribution is -2.20. The van der Waals surface area contributed by atoms with Gasteiger partial charge in [0.25, 0.3) is 5.91 Å². The molecule has 0 bridgehead atoms. The van der Waals surface area contributed by atoms with Crippen LogP contribution in [0.4, 0.5) is 5.82 Å². The van der Waals surface area contributed by atoms with Crippen LogP contribution in [0, 0.1) is 6.92 Å². The van der Waals surface area contributed by atoms with E-state index in [2.05, 4.69) is 31.1 Å². The Morgan fingerprint density at radius 3 is 2.71 bits per heavy atom. The van der Waals surface area contributed by atoms with Gasteiger partial charge in [-0.1, -0.05) is 26.0 Å². The predicted molar refractivity (Wildman–Crippen MR) is 83.6 cm³/mol. The Labute approximate surface area is 125 Å². The first-order chi connectivity index (χ1) is 10.1. The summed E-state index contributed by atoms with van der Waals surface area (Å²) in [5, 5.41) is 2.68. The molecule has 4 nitrogen and oxygen atoms in total. The molecule has 1 amide bonds. The second-order valence-electron chi connectivity index (χ2n) is 5.22. The molecule has 0 spiro atoms. The highest BCUT2D eigenvalue weighted by Crippen LogP contribution is 2.23. The standard InChI is InChI=1S/C17H20N2O2/c1-12(2)15-8-7-14(10-13(15)3)21-11-17(20)19-16-6-4-5-9-18-16/h4-10,12H,11H2,1-3H3,(H,18,19,20). The van der Waals surface area contributed by atoms with Gasteiger partial charge in [0.2, 0.25) is 0 Å². The van der Waals surface area contributed by atoms with Crippen LogP contribution in [0.5, 0.6) is 5.75 Å². The van der Waals surface area contributed by atoms with E-state index >= 15 is 0 Å². The zero-order chi connectivity index (χ0) is 15.2. The summed E-state index contributed by atoms with van der Waals surface area (Å²) in [6.07, 6.45) is 1.63. The van der Waals surface area contributed by atoms with E-state index in [1.54, 1.807) is 18.3 Å². The van der Waals surface area contributed by atoms with Gasteiger partial charge in [-0.25, -0.2) is 4.98 Å². The molecule has 0 aliphatic heterocycles. The molecule has 1 N–H and O–H groups in total. The first kappa shape index (κ1) is 15.0. The molecule has 2 rings (SSSR count). The van der Waals surface area contributed by atoms with Crippen molar-refractivity contribution in [2.75, 3.05) is 11.9 Å². The molecule has 0 saturated carbocycles. The van der Waals surface area contributed by atoms with E-state index in [9.17, 15) is 4.79 Å². The maximum Gasteiger partial charge on any atom is 0.263 e. The zero-order valence-corrected chi connectivity index (χ0v) is 12.6. The molecule has 1 heterocycles. The summed E-state index contributed by atoms with van der Waals surface area (Å²) in [6, 6.07) is 11.3. The smallest absolute Gasteiger partial charge is 0.263 e. The molecular weight excluding hydrogens is 264 g/mol. The molecule has 0 radical (unpaired) electrons. The first-order valence-electron chi connectivity index (χ1n) is 7.00. The van der Waals surface area contributed by atoms with Gasteiger partial charge < -0.3 is 10.1 Å². The fourth-order valence-electron chi connectivity index (χ4n) is 2.15. The molecule has 0 fully saturated rings. The monoisotopic (exact) mass is 284 g/mol. The van der Waals surface area contributed by atoms with Gasteiger partial charge in [-0.05, 0) is 48.2 Å². The average Bonchev–Trinajstić information content (AvgIpc) is 2.46. The SMILES string of the molecule is Cc1cc(OCC(=O)Nc2ccccn2)ccc1C(C)C. The Morgan fingerprint density at radius 1 is 1.29 bits per heavy atom. The van der Waals surface area contributed by atoms with Crippen LogP contribution >= 0.6 is 0 Å². The van der Waals surface area contributed by atoms with Crippen molar-refractivity contribution in [2.24, 2.45) is 0 Å². The van der Waals surface area contributed by atoms with Crippen molar-refractivity contribution in [3.63, 3.8) is 0 Å². The van der Waals surface area contributed by atoms with E-state index in [0.717, 1.165) is 0 Å². The van der Waals surface area contributed by atoms with Crippen molar-refractivity contribution in [3.8, 4) is 5.75 Å². The van der Waals surface area contributed by atoms with E-state index in [4.69, 9.17) is 4.74 Å². The number of carbonyl (C=O) groups excluding carboxylic acids is 1. The number of ether oxygens (including phenoxy) is 1. The van der Waals surface area contributed by atoms with Crippen LogP contribution in [-0.4, -0.2) is 17.5 Å². The molecule has 0 aliphatic rings. The van der Waals surface area contributed by atoms with Gasteiger partial charge in [-0.15, -0.1) is 0 Å². The first-order valence-corrected chi connectivity index (χ1v) is 7.00. The average molecular weight is 284 g/mol. The molecule has 0 saturated heterocycles. The highest BCUT2D eigenvalue weighted by molar-refractivity contribution is 5.90. The van der Waals surface area contributed by atoms with Crippen molar-refractivity contribution in [3.05, 3.63) is 53.7 Å². The van der Waals surface area contributed by atoms with Gasteiger partial charge in [0, 0.05) is 6.20 Å². The maximum absolute atomic E-state index is 11.8. The molecule has 0 atom stereocenters. The topological polar surface area (TPSA) is 51.2 Å². The summed E-state index contributed by atoms with van der Waals surface area (Å²) in [5.74, 6) is 1.48. The highest BCUT2D eigenvalue weighted by Gasteiger charge is 2.07. The lowest BCUT2D eigenvalue weighted by atomic mass is 9.98. The Morgan fingerprint density at radius 2 is 2.10 bits per heavy atom. The van der Waals surface area contributed by atoms with E-state index in [1.165, 1.54) is 11.1 Å². The summed E-state index contributed by atoms with van der Waals surface area (Å²) < 4.78 is 5.52. The highest BCUT2D eigenvalue weighted by atomic mass is 16.5. The zero-order valence-electron chi connectivity index (χ0n) is 12.6. The van der Waals surface area contributed by atoms with Crippen LogP contribution in [0.1, 0.15) is 30.9 Å². The minimum Gasteiger partial charge on any atom is -0.484 e. The van der Waals surface area contributed by atoms with Crippen molar-refractivity contribution in [1.82, 2.24) is 4.98 Å². The third-order valence-corrected chi connectivity index (χ3v) is 3.17.